The molecule has 0 radical (unpaired) electrons. The molecule has 1 amide bonds. The van der Waals surface area contributed by atoms with Crippen LogP contribution >= 0.6 is 0 Å². The summed E-state index contributed by atoms with van der Waals surface area (Å²) in [6, 6.07) is 14.8. The van der Waals surface area contributed by atoms with Gasteiger partial charge in [-0.3, -0.25) is 9.59 Å². The fraction of sp³-hybridized carbons (Fsp3) is 0.304. The number of rotatable bonds is 4. The van der Waals surface area contributed by atoms with Crippen LogP contribution in [-0.2, 0) is 15.0 Å². The maximum Gasteiger partial charge on any atom is 0.314 e. The molecule has 4 rings (SSSR count). The number of hydrogen-bond donors (Lipinski definition) is 1. The van der Waals surface area contributed by atoms with Crippen LogP contribution in [0.5, 0.6) is 11.5 Å². The summed E-state index contributed by atoms with van der Waals surface area (Å²) >= 11 is 0. The molecule has 6 heteroatoms. The molecule has 0 bridgehead atoms. The maximum absolute atomic E-state index is 13.0. The SMILES string of the molecule is COc1cccc2c1OCC(C(=O)N1CCC(C(=O)O)(c3ccccc3)CC1)=C2. The predicted octanol–water partition coefficient (Wildman–Crippen LogP) is 3.12. The molecule has 2 aromatic rings. The van der Waals surface area contributed by atoms with Crippen molar-refractivity contribution >= 4 is 18.0 Å². The quantitative estimate of drug-likeness (QED) is 0.864. The summed E-state index contributed by atoms with van der Waals surface area (Å²) in [5, 5.41) is 9.93. The maximum atomic E-state index is 13.0. The van der Waals surface area contributed by atoms with Crippen molar-refractivity contribution in [3.63, 3.8) is 0 Å². The number of carboxylic acids is 1. The minimum Gasteiger partial charge on any atom is -0.493 e. The topological polar surface area (TPSA) is 76.1 Å². The first-order valence-corrected chi connectivity index (χ1v) is 9.64. The highest BCUT2D eigenvalue weighted by molar-refractivity contribution is 5.99. The molecule has 2 aliphatic heterocycles. The van der Waals surface area contributed by atoms with Gasteiger partial charge in [-0.05, 0) is 30.5 Å². The molecule has 2 heterocycles. The van der Waals surface area contributed by atoms with Gasteiger partial charge in [0.25, 0.3) is 5.91 Å². The minimum absolute atomic E-state index is 0.106. The second-order valence-corrected chi connectivity index (χ2v) is 7.38. The lowest BCUT2D eigenvalue weighted by molar-refractivity contribution is -0.147. The van der Waals surface area contributed by atoms with E-state index in [1.807, 2.05) is 54.6 Å². The fourth-order valence-corrected chi connectivity index (χ4v) is 4.14. The Bertz CT molecular complexity index is 958. The number of carbonyl (C=O) groups is 2. The van der Waals surface area contributed by atoms with Crippen molar-refractivity contribution in [2.75, 3.05) is 26.8 Å². The van der Waals surface area contributed by atoms with E-state index in [0.717, 1.165) is 11.1 Å². The van der Waals surface area contributed by atoms with Gasteiger partial charge in [0.15, 0.2) is 11.5 Å². The number of aliphatic carboxylic acids is 1. The average molecular weight is 393 g/mol. The number of benzene rings is 2. The van der Waals surface area contributed by atoms with Crippen molar-refractivity contribution in [3.05, 3.63) is 65.2 Å². The molecule has 1 fully saturated rings. The molecule has 29 heavy (non-hydrogen) atoms. The highest BCUT2D eigenvalue weighted by Crippen LogP contribution is 2.38. The van der Waals surface area contributed by atoms with Crippen molar-refractivity contribution in [2.24, 2.45) is 0 Å². The van der Waals surface area contributed by atoms with E-state index in [2.05, 4.69) is 0 Å². The van der Waals surface area contributed by atoms with Crippen molar-refractivity contribution in [3.8, 4) is 11.5 Å². The second-order valence-electron chi connectivity index (χ2n) is 7.38. The zero-order valence-corrected chi connectivity index (χ0v) is 16.3. The summed E-state index contributed by atoms with van der Waals surface area (Å²) in [6.07, 6.45) is 2.60. The van der Waals surface area contributed by atoms with E-state index in [1.165, 1.54) is 0 Å². The van der Waals surface area contributed by atoms with Gasteiger partial charge < -0.3 is 19.5 Å². The van der Waals surface area contributed by atoms with Crippen LogP contribution in [0.25, 0.3) is 6.08 Å². The standard InChI is InChI=1S/C23H23NO5/c1-28-19-9-5-6-16-14-17(15-29-20(16)19)21(25)24-12-10-23(11-13-24,22(26)27)18-7-3-2-4-8-18/h2-9,14H,10-13,15H2,1H3,(H,26,27). The number of fused-ring (bicyclic) bond motifs is 1. The lowest BCUT2D eigenvalue weighted by Gasteiger charge is -2.39. The predicted molar refractivity (Wildman–Crippen MR) is 108 cm³/mol. The number of carbonyl (C=O) groups excluding carboxylic acids is 1. The fourth-order valence-electron chi connectivity index (χ4n) is 4.14. The van der Waals surface area contributed by atoms with Crippen LogP contribution in [0.1, 0.15) is 24.0 Å². The molecule has 0 unspecified atom stereocenters. The van der Waals surface area contributed by atoms with Crippen LogP contribution in [0.15, 0.2) is 54.1 Å². The van der Waals surface area contributed by atoms with Gasteiger partial charge in [-0.1, -0.05) is 42.5 Å². The normalized spacial score (nSPS) is 17.6. The number of ether oxygens (including phenoxy) is 2. The van der Waals surface area contributed by atoms with Gasteiger partial charge in [0.2, 0.25) is 0 Å². The van der Waals surface area contributed by atoms with E-state index in [-0.39, 0.29) is 12.5 Å². The van der Waals surface area contributed by atoms with E-state index >= 15 is 0 Å². The Labute approximate surface area is 169 Å². The minimum atomic E-state index is -0.949. The molecule has 0 spiro atoms. The third-order valence-electron chi connectivity index (χ3n) is 5.85. The number of amides is 1. The lowest BCUT2D eigenvalue weighted by Crippen LogP contribution is -2.49. The molecule has 0 saturated carbocycles. The largest absolute Gasteiger partial charge is 0.493 e. The number of methoxy groups -OCH3 is 1. The summed E-state index contributed by atoms with van der Waals surface area (Å²) in [5.41, 5.74) is 1.21. The highest BCUT2D eigenvalue weighted by Gasteiger charge is 2.44. The molecule has 6 nitrogen and oxygen atoms in total. The first-order chi connectivity index (χ1) is 14.0. The zero-order chi connectivity index (χ0) is 20.4. The molecular formula is C23H23NO5. The van der Waals surface area contributed by atoms with E-state index in [4.69, 9.17) is 9.47 Å². The summed E-state index contributed by atoms with van der Waals surface area (Å²) in [6.45, 7) is 0.955. The van der Waals surface area contributed by atoms with Crippen LogP contribution in [0, 0.1) is 0 Å². The molecule has 0 aromatic heterocycles. The number of likely N-dealkylation sites (tertiary alicyclic amines) is 1. The average Bonchev–Trinajstić information content (AvgIpc) is 2.78. The van der Waals surface area contributed by atoms with Gasteiger partial charge in [-0.25, -0.2) is 0 Å². The molecular weight excluding hydrogens is 370 g/mol. The van der Waals surface area contributed by atoms with E-state index < -0.39 is 11.4 Å². The summed E-state index contributed by atoms with van der Waals surface area (Å²) in [5.74, 6) is 0.332. The Morgan fingerprint density at radius 3 is 2.45 bits per heavy atom. The van der Waals surface area contributed by atoms with Crippen molar-refractivity contribution in [1.29, 1.82) is 0 Å². The summed E-state index contributed by atoms with van der Waals surface area (Å²) in [7, 11) is 1.58. The molecule has 0 aliphatic carbocycles. The molecule has 150 valence electrons. The van der Waals surface area contributed by atoms with Gasteiger partial charge in [-0.2, -0.15) is 0 Å². The zero-order valence-electron chi connectivity index (χ0n) is 16.3. The number of hydrogen-bond acceptors (Lipinski definition) is 4. The Morgan fingerprint density at radius 2 is 1.79 bits per heavy atom. The number of carboxylic acid groups (broad SMARTS) is 1. The molecule has 1 N–H and O–H groups in total. The number of piperidine rings is 1. The van der Waals surface area contributed by atoms with Gasteiger partial charge in [0, 0.05) is 18.7 Å². The molecule has 2 aromatic carbocycles. The van der Waals surface area contributed by atoms with Crippen molar-refractivity contribution in [2.45, 2.75) is 18.3 Å². The van der Waals surface area contributed by atoms with Crippen LogP contribution in [0.2, 0.25) is 0 Å². The summed E-state index contributed by atoms with van der Waals surface area (Å²) in [4.78, 5) is 26.9. The first kappa shape index (κ1) is 19.1. The lowest BCUT2D eigenvalue weighted by atomic mass is 9.72. The molecule has 1 saturated heterocycles. The Hall–Kier alpha value is -3.28. The first-order valence-electron chi connectivity index (χ1n) is 9.64. The van der Waals surface area contributed by atoms with Crippen LogP contribution in [0.3, 0.4) is 0 Å². The third-order valence-corrected chi connectivity index (χ3v) is 5.85. The van der Waals surface area contributed by atoms with Gasteiger partial charge in [0.1, 0.15) is 6.61 Å². The Kier molecular flexibility index (Phi) is 5.01. The van der Waals surface area contributed by atoms with Gasteiger partial charge in [-0.15, -0.1) is 0 Å². The molecule has 2 aliphatic rings. The second kappa shape index (κ2) is 7.62. The van der Waals surface area contributed by atoms with Crippen LogP contribution in [-0.4, -0.2) is 48.7 Å². The third kappa shape index (κ3) is 3.35. The van der Waals surface area contributed by atoms with E-state index in [9.17, 15) is 14.7 Å². The van der Waals surface area contributed by atoms with Crippen LogP contribution < -0.4 is 9.47 Å². The van der Waals surface area contributed by atoms with Gasteiger partial charge in [0.05, 0.1) is 18.1 Å². The van der Waals surface area contributed by atoms with E-state index in [0.29, 0.717) is 43.0 Å². The number of para-hydroxylation sites is 1. The van der Waals surface area contributed by atoms with Crippen molar-refractivity contribution < 1.29 is 24.2 Å². The molecule has 0 atom stereocenters. The van der Waals surface area contributed by atoms with Crippen molar-refractivity contribution in [1.82, 2.24) is 4.90 Å². The Balaban J connectivity index is 1.52. The summed E-state index contributed by atoms with van der Waals surface area (Å²) < 4.78 is 11.1. The van der Waals surface area contributed by atoms with Crippen LogP contribution in [0.4, 0.5) is 0 Å². The Morgan fingerprint density at radius 1 is 1.07 bits per heavy atom. The monoisotopic (exact) mass is 393 g/mol. The van der Waals surface area contributed by atoms with Gasteiger partial charge >= 0.3 is 5.97 Å². The highest BCUT2D eigenvalue weighted by atomic mass is 16.5. The van der Waals surface area contributed by atoms with E-state index in [1.54, 1.807) is 12.0 Å². The number of nitrogens with zero attached hydrogens (tertiary/aromatic N) is 1. The smallest absolute Gasteiger partial charge is 0.314 e.